The molecule has 0 heterocycles. The summed E-state index contributed by atoms with van der Waals surface area (Å²) in [6.07, 6.45) is 0.408. The lowest BCUT2D eigenvalue weighted by atomic mass is 10.1. The number of likely N-dealkylation sites (N-methyl/N-ethyl adjacent to an activating group) is 1. The summed E-state index contributed by atoms with van der Waals surface area (Å²) in [7, 11) is 1.76. The summed E-state index contributed by atoms with van der Waals surface area (Å²) in [5.41, 5.74) is 2.03. The molecule has 0 aliphatic heterocycles. The Morgan fingerprint density at radius 1 is 1.38 bits per heavy atom. The van der Waals surface area contributed by atoms with E-state index < -0.39 is 5.97 Å². The molecule has 0 aliphatic carbocycles. The first-order valence-corrected chi connectivity index (χ1v) is 4.97. The molecule has 0 saturated carbocycles. The van der Waals surface area contributed by atoms with Crippen LogP contribution in [0, 0.1) is 11.3 Å². The normalized spacial score (nSPS) is 10.1. The number of hydrogen-bond donors (Lipinski definition) is 1. The van der Waals surface area contributed by atoms with Crippen molar-refractivity contribution in [3.63, 3.8) is 0 Å². The molecule has 1 aromatic carbocycles. The van der Waals surface area contributed by atoms with Gasteiger partial charge in [0.15, 0.2) is 0 Å². The molecule has 0 aliphatic rings. The van der Waals surface area contributed by atoms with Gasteiger partial charge in [0.1, 0.15) is 0 Å². The van der Waals surface area contributed by atoms with Crippen LogP contribution in [0.15, 0.2) is 24.3 Å². The number of benzene rings is 1. The zero-order valence-corrected chi connectivity index (χ0v) is 9.18. The number of rotatable bonds is 5. The molecule has 0 atom stereocenters. The lowest BCUT2D eigenvalue weighted by Crippen LogP contribution is -2.25. The van der Waals surface area contributed by atoms with Crippen LogP contribution in [0.5, 0.6) is 0 Å². The van der Waals surface area contributed by atoms with Gasteiger partial charge in [0.2, 0.25) is 0 Å². The molecule has 0 aromatic heterocycles. The standard InChI is InChI=1S/C12H14N2O2/c1-14(9-12(15)16)8-11-4-2-10(3-5-11)6-7-13/h2-5H,6,8-9H2,1H3,(H,15,16). The van der Waals surface area contributed by atoms with E-state index in [1.165, 1.54) is 0 Å². The van der Waals surface area contributed by atoms with Crippen LogP contribution in [0.25, 0.3) is 0 Å². The Morgan fingerprint density at radius 2 is 1.94 bits per heavy atom. The zero-order valence-electron chi connectivity index (χ0n) is 9.18. The quantitative estimate of drug-likeness (QED) is 0.808. The van der Waals surface area contributed by atoms with Crippen LogP contribution in [0.4, 0.5) is 0 Å². The van der Waals surface area contributed by atoms with Crippen LogP contribution >= 0.6 is 0 Å². The number of carbonyl (C=O) groups is 1. The second-order valence-corrected chi connectivity index (χ2v) is 3.72. The van der Waals surface area contributed by atoms with Gasteiger partial charge < -0.3 is 5.11 Å². The molecule has 16 heavy (non-hydrogen) atoms. The van der Waals surface area contributed by atoms with Crippen LogP contribution in [-0.2, 0) is 17.8 Å². The average molecular weight is 218 g/mol. The minimum atomic E-state index is -0.830. The highest BCUT2D eigenvalue weighted by Gasteiger charge is 2.04. The lowest BCUT2D eigenvalue weighted by molar-refractivity contribution is -0.138. The first kappa shape index (κ1) is 12.2. The number of nitrogens with zero attached hydrogens (tertiary/aromatic N) is 2. The van der Waals surface area contributed by atoms with E-state index in [0.717, 1.165) is 11.1 Å². The summed E-state index contributed by atoms with van der Waals surface area (Å²) in [6.45, 7) is 0.624. The molecule has 0 radical (unpaired) electrons. The number of aliphatic carboxylic acids is 1. The van der Waals surface area contributed by atoms with Gasteiger partial charge in [-0.3, -0.25) is 9.69 Å². The van der Waals surface area contributed by atoms with Crippen molar-refractivity contribution in [2.24, 2.45) is 0 Å². The van der Waals surface area contributed by atoms with Gasteiger partial charge in [0, 0.05) is 6.54 Å². The average Bonchev–Trinajstić information content (AvgIpc) is 2.20. The van der Waals surface area contributed by atoms with E-state index in [9.17, 15) is 4.79 Å². The van der Waals surface area contributed by atoms with Crippen molar-refractivity contribution >= 4 is 5.97 Å². The summed E-state index contributed by atoms with van der Waals surface area (Å²) in [5.74, 6) is -0.830. The van der Waals surface area contributed by atoms with Crippen LogP contribution in [-0.4, -0.2) is 29.6 Å². The molecule has 0 fully saturated rings. The number of hydrogen-bond acceptors (Lipinski definition) is 3. The second kappa shape index (κ2) is 5.89. The Bertz CT molecular complexity index is 392. The summed E-state index contributed by atoms with van der Waals surface area (Å²) in [4.78, 5) is 12.2. The van der Waals surface area contributed by atoms with Crippen molar-refractivity contribution in [2.45, 2.75) is 13.0 Å². The molecule has 84 valence electrons. The molecule has 0 bridgehead atoms. The molecule has 0 saturated heterocycles. The summed E-state index contributed by atoms with van der Waals surface area (Å²) in [6, 6.07) is 9.72. The van der Waals surface area contributed by atoms with E-state index >= 15 is 0 Å². The van der Waals surface area contributed by atoms with E-state index in [2.05, 4.69) is 6.07 Å². The van der Waals surface area contributed by atoms with Crippen LogP contribution in [0.2, 0.25) is 0 Å². The smallest absolute Gasteiger partial charge is 0.317 e. The van der Waals surface area contributed by atoms with Crippen molar-refractivity contribution in [2.75, 3.05) is 13.6 Å². The third-order valence-electron chi connectivity index (χ3n) is 2.16. The van der Waals surface area contributed by atoms with E-state index in [-0.39, 0.29) is 6.54 Å². The molecule has 1 aromatic rings. The predicted octanol–water partition coefficient (Wildman–Crippen LogP) is 1.27. The fourth-order valence-electron chi connectivity index (χ4n) is 1.45. The van der Waals surface area contributed by atoms with Gasteiger partial charge in [-0.25, -0.2) is 0 Å². The third kappa shape index (κ3) is 4.11. The Morgan fingerprint density at radius 3 is 2.44 bits per heavy atom. The van der Waals surface area contributed by atoms with Crippen molar-refractivity contribution < 1.29 is 9.90 Å². The number of carboxylic acid groups (broad SMARTS) is 1. The molecular weight excluding hydrogens is 204 g/mol. The highest BCUT2D eigenvalue weighted by atomic mass is 16.4. The van der Waals surface area contributed by atoms with Gasteiger partial charge in [-0.1, -0.05) is 24.3 Å². The predicted molar refractivity (Wildman–Crippen MR) is 59.7 cm³/mol. The van der Waals surface area contributed by atoms with Crippen LogP contribution < -0.4 is 0 Å². The van der Waals surface area contributed by atoms with E-state index in [0.29, 0.717) is 13.0 Å². The largest absolute Gasteiger partial charge is 0.480 e. The van der Waals surface area contributed by atoms with E-state index in [1.54, 1.807) is 11.9 Å². The molecule has 4 nitrogen and oxygen atoms in total. The SMILES string of the molecule is CN(CC(=O)O)Cc1ccc(CC#N)cc1. The first-order chi connectivity index (χ1) is 7.61. The molecule has 0 spiro atoms. The molecular formula is C12H14N2O2. The highest BCUT2D eigenvalue weighted by molar-refractivity contribution is 5.69. The maximum Gasteiger partial charge on any atom is 0.317 e. The van der Waals surface area contributed by atoms with Crippen molar-refractivity contribution in [3.05, 3.63) is 35.4 Å². The van der Waals surface area contributed by atoms with Gasteiger partial charge >= 0.3 is 5.97 Å². The molecule has 0 unspecified atom stereocenters. The fraction of sp³-hybridized carbons (Fsp3) is 0.333. The van der Waals surface area contributed by atoms with Crippen LogP contribution in [0.1, 0.15) is 11.1 Å². The Hall–Kier alpha value is -1.86. The molecule has 1 N–H and O–H groups in total. The van der Waals surface area contributed by atoms with Crippen LogP contribution in [0.3, 0.4) is 0 Å². The summed E-state index contributed by atoms with van der Waals surface area (Å²) < 4.78 is 0. The number of carboxylic acids is 1. The Kier molecular flexibility index (Phi) is 4.49. The summed E-state index contributed by atoms with van der Waals surface area (Å²) in [5, 5.41) is 17.1. The second-order valence-electron chi connectivity index (χ2n) is 3.72. The summed E-state index contributed by atoms with van der Waals surface area (Å²) >= 11 is 0. The van der Waals surface area contributed by atoms with Crippen molar-refractivity contribution in [1.82, 2.24) is 4.90 Å². The topological polar surface area (TPSA) is 64.3 Å². The van der Waals surface area contributed by atoms with Crippen molar-refractivity contribution in [1.29, 1.82) is 5.26 Å². The number of nitriles is 1. The molecule has 0 amide bonds. The van der Waals surface area contributed by atoms with Gasteiger partial charge in [-0.05, 0) is 18.2 Å². The van der Waals surface area contributed by atoms with Crippen molar-refractivity contribution in [3.8, 4) is 6.07 Å². The maximum absolute atomic E-state index is 10.5. The molecule has 1 rings (SSSR count). The van der Waals surface area contributed by atoms with Gasteiger partial charge in [0.25, 0.3) is 0 Å². The van der Waals surface area contributed by atoms with E-state index in [4.69, 9.17) is 10.4 Å². The lowest BCUT2D eigenvalue weighted by Gasteiger charge is -2.13. The first-order valence-electron chi connectivity index (χ1n) is 4.97. The minimum absolute atomic E-state index is 0.0277. The highest BCUT2D eigenvalue weighted by Crippen LogP contribution is 2.07. The maximum atomic E-state index is 10.5. The monoisotopic (exact) mass is 218 g/mol. The van der Waals surface area contributed by atoms with E-state index in [1.807, 2.05) is 24.3 Å². The fourth-order valence-corrected chi connectivity index (χ4v) is 1.45. The van der Waals surface area contributed by atoms with Gasteiger partial charge in [-0.2, -0.15) is 5.26 Å². The Balaban J connectivity index is 2.55. The molecule has 4 heteroatoms. The third-order valence-corrected chi connectivity index (χ3v) is 2.16. The van der Waals surface area contributed by atoms with Gasteiger partial charge in [-0.15, -0.1) is 0 Å². The minimum Gasteiger partial charge on any atom is -0.480 e. The Labute approximate surface area is 94.7 Å². The zero-order chi connectivity index (χ0) is 12.0. The van der Waals surface area contributed by atoms with Gasteiger partial charge in [0.05, 0.1) is 19.0 Å².